The molecule has 0 heterocycles. The molecule has 2 aliphatic rings. The van der Waals surface area contributed by atoms with E-state index >= 15 is 0 Å². The summed E-state index contributed by atoms with van der Waals surface area (Å²) < 4.78 is 19.0. The molecule has 1 aromatic rings. The molecule has 134 valence electrons. The number of ether oxygens (including phenoxy) is 1. The number of benzene rings is 1. The Hall–Kier alpha value is -0.970. The lowest BCUT2D eigenvalue weighted by atomic mass is 9.69. The third-order valence-electron chi connectivity index (χ3n) is 7.08. The molecule has 1 aromatic carbocycles. The minimum Gasteiger partial charge on any atom is -0.385 e. The monoisotopic (exact) mass is 336 g/mol. The largest absolute Gasteiger partial charge is 0.385 e. The van der Waals surface area contributed by atoms with Crippen LogP contribution < -0.4 is 5.32 Å². The topological polar surface area (TPSA) is 46.1 Å². The molecule has 0 aromatic heterocycles. The number of aliphatic hydroxyl groups excluding tert-OH is 1. The molecule has 0 spiro atoms. The van der Waals surface area contributed by atoms with Gasteiger partial charge in [0.05, 0.1) is 19.3 Å². The summed E-state index contributed by atoms with van der Waals surface area (Å²) in [7, 11) is 0. The Bertz CT molecular complexity index is 577. The lowest BCUT2D eigenvalue weighted by molar-refractivity contribution is -0.707. The minimum absolute atomic E-state index is 0.208. The fourth-order valence-corrected chi connectivity index (χ4v) is 4.93. The maximum absolute atomic E-state index is 13.5. The lowest BCUT2D eigenvalue weighted by Crippen LogP contribution is -2.94. The van der Waals surface area contributed by atoms with Crippen LogP contribution in [-0.2, 0) is 11.3 Å². The van der Waals surface area contributed by atoms with E-state index < -0.39 is 6.10 Å². The van der Waals surface area contributed by atoms with Crippen molar-refractivity contribution in [2.24, 2.45) is 16.7 Å². The van der Waals surface area contributed by atoms with E-state index in [1.807, 2.05) is 0 Å². The van der Waals surface area contributed by atoms with Crippen molar-refractivity contribution in [3.63, 3.8) is 0 Å². The molecule has 0 amide bonds. The summed E-state index contributed by atoms with van der Waals surface area (Å²) in [4.78, 5) is 0. The normalized spacial score (nSPS) is 32.2. The van der Waals surface area contributed by atoms with Crippen LogP contribution in [0, 0.1) is 22.6 Å². The highest BCUT2D eigenvalue weighted by Crippen LogP contribution is 2.64. The summed E-state index contributed by atoms with van der Waals surface area (Å²) in [6.07, 6.45) is 3.39. The van der Waals surface area contributed by atoms with Gasteiger partial charge in [-0.2, -0.15) is 0 Å². The van der Waals surface area contributed by atoms with Gasteiger partial charge in [-0.15, -0.1) is 0 Å². The number of hydrogen-bond donors (Lipinski definition) is 2. The highest BCUT2D eigenvalue weighted by Gasteiger charge is 2.63. The van der Waals surface area contributed by atoms with E-state index in [2.05, 4.69) is 26.1 Å². The van der Waals surface area contributed by atoms with Crippen molar-refractivity contribution < 1.29 is 19.6 Å². The van der Waals surface area contributed by atoms with Crippen molar-refractivity contribution in [2.75, 3.05) is 13.2 Å². The molecule has 3 rings (SSSR count). The quantitative estimate of drug-likeness (QED) is 0.803. The van der Waals surface area contributed by atoms with Gasteiger partial charge in [-0.05, 0) is 30.2 Å². The van der Waals surface area contributed by atoms with Crippen molar-refractivity contribution in [3.05, 3.63) is 35.6 Å². The predicted octanol–water partition coefficient (Wildman–Crippen LogP) is 2.48. The Labute approximate surface area is 144 Å². The average molecular weight is 336 g/mol. The van der Waals surface area contributed by atoms with Gasteiger partial charge in [0.25, 0.3) is 0 Å². The van der Waals surface area contributed by atoms with E-state index in [1.165, 1.54) is 25.3 Å². The second-order valence-corrected chi connectivity index (χ2v) is 8.45. The summed E-state index contributed by atoms with van der Waals surface area (Å²) in [5, 5.41) is 12.5. The van der Waals surface area contributed by atoms with E-state index in [9.17, 15) is 9.50 Å². The van der Waals surface area contributed by atoms with Crippen LogP contribution in [0.25, 0.3) is 0 Å². The second-order valence-electron chi connectivity index (χ2n) is 8.45. The number of halogens is 1. The van der Waals surface area contributed by atoms with Gasteiger partial charge in [0.1, 0.15) is 18.5 Å². The van der Waals surface area contributed by atoms with Gasteiger partial charge in [-0.1, -0.05) is 39.0 Å². The zero-order chi connectivity index (χ0) is 17.4. The van der Waals surface area contributed by atoms with Gasteiger partial charge < -0.3 is 15.2 Å². The molecule has 2 aliphatic carbocycles. The maximum atomic E-state index is 13.5. The Morgan fingerprint density at radius 1 is 1.33 bits per heavy atom. The summed E-state index contributed by atoms with van der Waals surface area (Å²) in [5.74, 6) is 0.564. The number of hydrogen-bond acceptors (Lipinski definition) is 2. The fourth-order valence-electron chi connectivity index (χ4n) is 4.93. The molecule has 0 unspecified atom stereocenters. The predicted molar refractivity (Wildman–Crippen MR) is 91.9 cm³/mol. The standard InChI is InChI=1S/C20H30FNO2/c1-19(2)15-8-9-20(19,3)18(10-15)22-11-16(23)13-24-12-14-6-4-5-7-17(14)21/h4-7,15-16,18,22-23H,8-13H2,1-3H3/p+1/t15-,16+,18-,20+/m1/s1. The van der Waals surface area contributed by atoms with Crippen LogP contribution >= 0.6 is 0 Å². The number of rotatable bonds is 7. The van der Waals surface area contributed by atoms with Crippen molar-refractivity contribution in [2.45, 2.75) is 58.8 Å². The first kappa shape index (κ1) is 17.8. The van der Waals surface area contributed by atoms with E-state index in [4.69, 9.17) is 4.74 Å². The van der Waals surface area contributed by atoms with Gasteiger partial charge in [0.2, 0.25) is 0 Å². The van der Waals surface area contributed by atoms with Crippen LogP contribution in [0.4, 0.5) is 4.39 Å². The van der Waals surface area contributed by atoms with Crippen LogP contribution in [0.2, 0.25) is 0 Å². The fraction of sp³-hybridized carbons (Fsp3) is 0.700. The van der Waals surface area contributed by atoms with Crippen molar-refractivity contribution in [3.8, 4) is 0 Å². The summed E-state index contributed by atoms with van der Waals surface area (Å²) >= 11 is 0. The Morgan fingerprint density at radius 3 is 2.71 bits per heavy atom. The van der Waals surface area contributed by atoms with E-state index in [0.29, 0.717) is 29.0 Å². The number of aliphatic hydroxyl groups is 1. The number of quaternary nitrogens is 1. The molecule has 4 atom stereocenters. The Morgan fingerprint density at radius 2 is 2.08 bits per heavy atom. The molecule has 0 saturated heterocycles. The zero-order valence-electron chi connectivity index (χ0n) is 15.1. The van der Waals surface area contributed by atoms with E-state index in [-0.39, 0.29) is 19.0 Å². The lowest BCUT2D eigenvalue weighted by Gasteiger charge is -2.37. The van der Waals surface area contributed by atoms with Crippen LogP contribution in [0.3, 0.4) is 0 Å². The number of fused-ring (bicyclic) bond motifs is 2. The molecule has 2 fully saturated rings. The van der Waals surface area contributed by atoms with Crippen LogP contribution in [0.15, 0.2) is 24.3 Å². The van der Waals surface area contributed by atoms with Crippen molar-refractivity contribution >= 4 is 0 Å². The molecule has 24 heavy (non-hydrogen) atoms. The summed E-state index contributed by atoms with van der Waals surface area (Å²) in [5.41, 5.74) is 1.31. The van der Waals surface area contributed by atoms with Gasteiger partial charge in [0.15, 0.2) is 0 Å². The third kappa shape index (κ3) is 3.12. The molecule has 2 saturated carbocycles. The van der Waals surface area contributed by atoms with Gasteiger partial charge in [-0.25, -0.2) is 4.39 Å². The molecule has 0 aliphatic heterocycles. The maximum Gasteiger partial charge on any atom is 0.128 e. The molecule has 4 heteroatoms. The molecule has 3 nitrogen and oxygen atoms in total. The van der Waals surface area contributed by atoms with E-state index in [0.717, 1.165) is 5.92 Å². The second kappa shape index (κ2) is 6.74. The number of nitrogens with two attached hydrogens (primary N) is 1. The molecular weight excluding hydrogens is 305 g/mol. The van der Waals surface area contributed by atoms with Gasteiger partial charge >= 0.3 is 0 Å². The SMILES string of the molecule is CC1(C)[C@@H]2CC[C@@]1(C)[C@H]([NH2+]C[C@H](O)COCc1ccccc1F)C2. The first-order valence-electron chi connectivity index (χ1n) is 9.17. The van der Waals surface area contributed by atoms with Crippen LogP contribution in [0.5, 0.6) is 0 Å². The van der Waals surface area contributed by atoms with Gasteiger partial charge in [0, 0.05) is 17.4 Å². The Kier molecular flexibility index (Phi) is 5.01. The molecule has 3 N–H and O–H groups in total. The smallest absolute Gasteiger partial charge is 0.128 e. The van der Waals surface area contributed by atoms with Crippen LogP contribution in [0.1, 0.15) is 45.6 Å². The molecule has 2 bridgehead atoms. The van der Waals surface area contributed by atoms with Crippen molar-refractivity contribution in [1.29, 1.82) is 0 Å². The van der Waals surface area contributed by atoms with E-state index in [1.54, 1.807) is 18.2 Å². The van der Waals surface area contributed by atoms with Crippen molar-refractivity contribution in [1.82, 2.24) is 0 Å². The Balaban J connectivity index is 1.42. The third-order valence-corrected chi connectivity index (χ3v) is 7.08. The van der Waals surface area contributed by atoms with Gasteiger partial charge in [-0.3, -0.25) is 0 Å². The minimum atomic E-state index is -0.511. The highest BCUT2D eigenvalue weighted by molar-refractivity contribution is 5.16. The average Bonchev–Trinajstić information content (AvgIpc) is 2.88. The van der Waals surface area contributed by atoms with Crippen LogP contribution in [-0.4, -0.2) is 30.4 Å². The summed E-state index contributed by atoms with van der Waals surface area (Å²) in [6.45, 7) is 8.35. The molecular formula is C20H31FNO2+. The molecule has 0 radical (unpaired) electrons. The highest BCUT2D eigenvalue weighted by atomic mass is 19.1. The first-order chi connectivity index (χ1) is 11.3. The first-order valence-corrected chi connectivity index (χ1v) is 9.17. The zero-order valence-corrected chi connectivity index (χ0v) is 15.1. The summed E-state index contributed by atoms with van der Waals surface area (Å²) in [6, 6.07) is 7.20.